The third-order valence-electron chi connectivity index (χ3n) is 10.3. The van der Waals surface area contributed by atoms with Gasteiger partial charge in [-0.15, -0.1) is 0 Å². The Bertz CT molecular complexity index is 1440. The van der Waals surface area contributed by atoms with Crippen molar-refractivity contribution in [1.82, 2.24) is 19.6 Å². The molecule has 0 aromatic heterocycles. The van der Waals surface area contributed by atoms with E-state index < -0.39 is 12.2 Å². The molecule has 12 heteroatoms. The maximum atomic E-state index is 14.0. The molecular weight excluding hydrogens is 597 g/mol. The van der Waals surface area contributed by atoms with E-state index in [-0.39, 0.29) is 30.2 Å². The highest BCUT2D eigenvalue weighted by Crippen LogP contribution is 2.26. The van der Waals surface area contributed by atoms with Crippen LogP contribution in [0.4, 0.5) is 15.3 Å². The second-order valence-corrected chi connectivity index (χ2v) is 13.2. The molecule has 1 atom stereocenters. The van der Waals surface area contributed by atoms with Crippen LogP contribution < -0.4 is 10.8 Å². The van der Waals surface area contributed by atoms with E-state index in [4.69, 9.17) is 9.47 Å². The number of fused-ring (bicyclic) bond motifs is 1. The number of ether oxygens (including phenoxy) is 2. The topological polar surface area (TPSA) is 115 Å². The summed E-state index contributed by atoms with van der Waals surface area (Å²) >= 11 is 0. The van der Waals surface area contributed by atoms with Crippen LogP contribution in [0.25, 0.3) is 0 Å². The number of amides is 4. The zero-order chi connectivity index (χ0) is 32.9. The minimum atomic E-state index is -0.983. The number of hydrogen-bond acceptors (Lipinski definition) is 7. The largest absolute Gasteiger partial charge is 0.508 e. The van der Waals surface area contributed by atoms with Crippen molar-refractivity contribution in [2.75, 3.05) is 64.3 Å². The van der Waals surface area contributed by atoms with Crippen LogP contribution in [0.2, 0.25) is 6.82 Å². The van der Waals surface area contributed by atoms with Crippen molar-refractivity contribution in [1.29, 1.82) is 0 Å². The molecule has 1 radical (unpaired) electrons. The zero-order valence-corrected chi connectivity index (χ0v) is 27.7. The number of phenols is 1. The smallest absolute Gasteiger partial charge is 0.410 e. The normalized spacial score (nSPS) is 20.6. The molecule has 47 heavy (non-hydrogen) atoms. The molecule has 0 unspecified atom stereocenters. The van der Waals surface area contributed by atoms with Gasteiger partial charge < -0.3 is 34.6 Å². The van der Waals surface area contributed by atoms with Crippen LogP contribution in [-0.4, -0.2) is 127 Å². The standard InChI is InChI=1S/C35H47BN5O6/c1-24-21-25(22-29(36-2)32(24)42)23-31(33(43)39-12-8-27(9-13-39)38-17-19-46-20-18-38)47-35(45)40-14-10-28(11-15-40)41-16-7-26-5-3-4-6-30(26)37-34(41)44/h3-6,21-22,27-28,31,42H,7-20,23H2,1-2H3,(H,37,44)/t31-/m1/s1. The Labute approximate surface area is 278 Å². The number of carbonyl (C=O) groups excluding carboxylic acids is 3. The number of aryl methyl sites for hydroxylation is 1. The van der Waals surface area contributed by atoms with Crippen molar-refractivity contribution in [3.63, 3.8) is 0 Å². The highest BCUT2D eigenvalue weighted by Gasteiger charge is 2.36. The number of benzene rings is 2. The molecule has 0 spiro atoms. The predicted molar refractivity (Wildman–Crippen MR) is 181 cm³/mol. The highest BCUT2D eigenvalue weighted by atomic mass is 16.6. The van der Waals surface area contributed by atoms with Crippen LogP contribution in [0, 0.1) is 6.92 Å². The monoisotopic (exact) mass is 644 g/mol. The summed E-state index contributed by atoms with van der Waals surface area (Å²) in [5.74, 6) is 0.0355. The number of phenolic OH excluding ortho intramolecular Hbond substituents is 1. The molecule has 3 fully saturated rings. The lowest BCUT2D eigenvalue weighted by molar-refractivity contribution is -0.142. The highest BCUT2D eigenvalue weighted by molar-refractivity contribution is 6.53. The summed E-state index contributed by atoms with van der Waals surface area (Å²) in [7, 11) is 1.83. The Hall–Kier alpha value is -3.77. The number of anilines is 1. The van der Waals surface area contributed by atoms with Gasteiger partial charge in [0.2, 0.25) is 0 Å². The van der Waals surface area contributed by atoms with E-state index in [0.717, 1.165) is 62.4 Å². The summed E-state index contributed by atoms with van der Waals surface area (Å²) in [4.78, 5) is 48.6. The number of carbonyl (C=O) groups is 3. The summed E-state index contributed by atoms with van der Waals surface area (Å²) in [6.45, 7) is 9.77. The number of nitrogens with one attached hydrogen (secondary N) is 1. The first-order chi connectivity index (χ1) is 22.8. The number of urea groups is 1. The fraction of sp³-hybridized carbons (Fsp3) is 0.571. The molecule has 2 aromatic rings. The predicted octanol–water partition coefficient (Wildman–Crippen LogP) is 3.00. The van der Waals surface area contributed by atoms with E-state index in [2.05, 4.69) is 10.2 Å². The van der Waals surface area contributed by atoms with Gasteiger partial charge in [-0.2, -0.15) is 0 Å². The molecular formula is C35H47BN5O6. The fourth-order valence-electron chi connectivity index (χ4n) is 7.51. The molecule has 2 aromatic carbocycles. The van der Waals surface area contributed by atoms with E-state index in [1.165, 1.54) is 0 Å². The first kappa shape index (κ1) is 33.1. The van der Waals surface area contributed by atoms with Crippen LogP contribution >= 0.6 is 0 Å². The fourth-order valence-corrected chi connectivity index (χ4v) is 7.51. The summed E-state index contributed by atoms with van der Waals surface area (Å²) in [6, 6.07) is 11.9. The van der Waals surface area contributed by atoms with E-state index in [1.807, 2.05) is 67.2 Å². The second-order valence-electron chi connectivity index (χ2n) is 13.2. The first-order valence-electron chi connectivity index (χ1n) is 17.1. The molecule has 3 saturated heterocycles. The van der Waals surface area contributed by atoms with Crippen molar-refractivity contribution in [2.24, 2.45) is 0 Å². The molecule has 0 saturated carbocycles. The Morgan fingerprint density at radius 1 is 0.979 bits per heavy atom. The van der Waals surface area contributed by atoms with Gasteiger partial charge in [0.25, 0.3) is 5.91 Å². The lowest BCUT2D eigenvalue weighted by Crippen LogP contribution is -2.53. The Morgan fingerprint density at radius 3 is 2.38 bits per heavy atom. The molecule has 4 aliphatic heterocycles. The quantitative estimate of drug-likeness (QED) is 0.446. The number of hydrogen-bond donors (Lipinski definition) is 2. The van der Waals surface area contributed by atoms with Crippen molar-refractivity contribution < 1.29 is 29.0 Å². The maximum absolute atomic E-state index is 14.0. The number of nitrogens with zero attached hydrogens (tertiary/aromatic N) is 4. The number of likely N-dealkylation sites (tertiary alicyclic amines) is 2. The number of rotatable bonds is 7. The van der Waals surface area contributed by atoms with Gasteiger partial charge in [-0.05, 0) is 67.2 Å². The van der Waals surface area contributed by atoms with Gasteiger partial charge in [0.05, 0.1) is 13.2 Å². The molecule has 4 heterocycles. The van der Waals surface area contributed by atoms with Gasteiger partial charge in [-0.1, -0.05) is 37.2 Å². The molecule has 0 bridgehead atoms. The number of piperidine rings is 2. The van der Waals surface area contributed by atoms with Gasteiger partial charge in [-0.3, -0.25) is 9.69 Å². The van der Waals surface area contributed by atoms with E-state index in [9.17, 15) is 19.5 Å². The summed E-state index contributed by atoms with van der Waals surface area (Å²) in [5, 5.41) is 13.5. The third kappa shape index (κ3) is 7.70. The summed E-state index contributed by atoms with van der Waals surface area (Å²) < 4.78 is 11.6. The van der Waals surface area contributed by atoms with Crippen LogP contribution in [0.3, 0.4) is 0 Å². The van der Waals surface area contributed by atoms with Crippen LogP contribution in [-0.2, 0) is 27.1 Å². The zero-order valence-electron chi connectivity index (χ0n) is 27.7. The molecule has 4 aliphatic rings. The van der Waals surface area contributed by atoms with Crippen molar-refractivity contribution >= 4 is 36.5 Å². The number of para-hydroxylation sites is 1. The maximum Gasteiger partial charge on any atom is 0.410 e. The Morgan fingerprint density at radius 2 is 1.66 bits per heavy atom. The van der Waals surface area contributed by atoms with Crippen LogP contribution in [0.5, 0.6) is 5.75 Å². The lowest BCUT2D eigenvalue weighted by atomic mass is 9.71. The SMILES string of the molecule is C[B]c1cc(C[C@@H](OC(=O)N2CCC(N3CCc4ccccc4NC3=O)CC2)C(=O)N2CCC(N3CCOCC3)CC2)cc(C)c1O. The summed E-state index contributed by atoms with van der Waals surface area (Å²) in [5.41, 5.74) is 4.20. The average molecular weight is 645 g/mol. The average Bonchev–Trinajstić information content (AvgIpc) is 3.27. The van der Waals surface area contributed by atoms with E-state index >= 15 is 0 Å². The molecule has 2 N–H and O–H groups in total. The second kappa shape index (κ2) is 15.0. The van der Waals surface area contributed by atoms with E-state index in [1.54, 1.807) is 4.90 Å². The van der Waals surface area contributed by atoms with Gasteiger partial charge in [-0.25, -0.2) is 9.59 Å². The third-order valence-corrected chi connectivity index (χ3v) is 10.3. The molecule has 0 aliphatic carbocycles. The van der Waals surface area contributed by atoms with Crippen molar-refractivity contribution in [2.45, 2.75) is 70.5 Å². The van der Waals surface area contributed by atoms with Gasteiger partial charge >= 0.3 is 12.1 Å². The van der Waals surface area contributed by atoms with Crippen LogP contribution in [0.15, 0.2) is 36.4 Å². The number of aromatic hydroxyl groups is 1. The molecule has 251 valence electrons. The Kier molecular flexibility index (Phi) is 10.6. The molecule has 6 rings (SSSR count). The number of morpholine rings is 1. The van der Waals surface area contributed by atoms with Gasteiger partial charge in [0.15, 0.2) is 13.4 Å². The lowest BCUT2D eigenvalue weighted by Gasteiger charge is -2.41. The minimum absolute atomic E-state index is 0.0160. The van der Waals surface area contributed by atoms with Gasteiger partial charge in [0, 0.05) is 70.0 Å². The minimum Gasteiger partial charge on any atom is -0.508 e. The van der Waals surface area contributed by atoms with Crippen molar-refractivity contribution in [3.05, 3.63) is 53.1 Å². The molecule has 11 nitrogen and oxygen atoms in total. The molecule has 4 amide bonds. The van der Waals surface area contributed by atoms with Gasteiger partial charge in [0.1, 0.15) is 5.75 Å². The van der Waals surface area contributed by atoms with Crippen molar-refractivity contribution in [3.8, 4) is 5.75 Å². The van der Waals surface area contributed by atoms with E-state index in [0.29, 0.717) is 62.6 Å². The Balaban J connectivity index is 1.10. The van der Waals surface area contributed by atoms with Crippen LogP contribution in [0.1, 0.15) is 42.4 Å². The summed E-state index contributed by atoms with van der Waals surface area (Å²) in [6.07, 6.45) is 2.54. The first-order valence-corrected chi connectivity index (χ1v) is 17.1.